The molecular formula is C29H33BrClN3O4S. The van der Waals surface area contributed by atoms with Crippen LogP contribution in [-0.2, 0) is 32.6 Å². The van der Waals surface area contributed by atoms with E-state index in [9.17, 15) is 18.0 Å². The van der Waals surface area contributed by atoms with Crippen LogP contribution in [0.4, 0.5) is 5.69 Å². The van der Waals surface area contributed by atoms with Crippen molar-refractivity contribution in [3.63, 3.8) is 0 Å². The molecule has 0 spiro atoms. The van der Waals surface area contributed by atoms with Crippen molar-refractivity contribution in [3.05, 3.63) is 99.0 Å². The molecule has 0 aliphatic heterocycles. The molecule has 10 heteroatoms. The molecule has 1 atom stereocenters. The van der Waals surface area contributed by atoms with E-state index in [-0.39, 0.29) is 24.6 Å². The highest BCUT2D eigenvalue weighted by Crippen LogP contribution is 2.26. The Morgan fingerprint density at radius 3 is 2.31 bits per heavy atom. The van der Waals surface area contributed by atoms with Gasteiger partial charge in [-0.05, 0) is 54.3 Å². The zero-order chi connectivity index (χ0) is 28.6. The second kappa shape index (κ2) is 14.0. The Hall–Kier alpha value is -2.88. The Labute approximate surface area is 244 Å². The number of nitrogens with zero attached hydrogens (tertiary/aromatic N) is 2. The summed E-state index contributed by atoms with van der Waals surface area (Å²) in [6.45, 7) is 3.85. The number of aryl methyl sites for hydroxylation is 1. The topological polar surface area (TPSA) is 86.8 Å². The zero-order valence-corrected chi connectivity index (χ0v) is 25.4. The molecule has 0 saturated heterocycles. The summed E-state index contributed by atoms with van der Waals surface area (Å²) in [5, 5.41) is 3.31. The highest BCUT2D eigenvalue weighted by molar-refractivity contribution is 9.10. The molecule has 1 N–H and O–H groups in total. The first-order valence-electron chi connectivity index (χ1n) is 12.6. The van der Waals surface area contributed by atoms with E-state index in [4.69, 9.17) is 11.6 Å². The Morgan fingerprint density at radius 1 is 1.00 bits per heavy atom. The van der Waals surface area contributed by atoms with Crippen molar-refractivity contribution in [1.82, 2.24) is 10.2 Å². The molecule has 0 heterocycles. The van der Waals surface area contributed by atoms with Crippen LogP contribution in [0, 0.1) is 6.92 Å². The van der Waals surface area contributed by atoms with Gasteiger partial charge in [0, 0.05) is 29.0 Å². The van der Waals surface area contributed by atoms with Crippen LogP contribution < -0.4 is 9.62 Å². The molecule has 3 aromatic rings. The quantitative estimate of drug-likeness (QED) is 0.291. The third kappa shape index (κ3) is 8.81. The van der Waals surface area contributed by atoms with Gasteiger partial charge < -0.3 is 10.2 Å². The van der Waals surface area contributed by atoms with Gasteiger partial charge in [0.15, 0.2) is 0 Å². The number of hydrogen-bond acceptors (Lipinski definition) is 4. The largest absolute Gasteiger partial charge is 0.354 e. The van der Waals surface area contributed by atoms with E-state index >= 15 is 0 Å². The summed E-state index contributed by atoms with van der Waals surface area (Å²) in [5.74, 6) is -0.807. The van der Waals surface area contributed by atoms with E-state index in [1.165, 1.54) is 11.0 Å². The first kappa shape index (κ1) is 30.7. The van der Waals surface area contributed by atoms with E-state index in [0.717, 1.165) is 38.1 Å². The minimum Gasteiger partial charge on any atom is -0.354 e. The minimum absolute atomic E-state index is 0.113. The van der Waals surface area contributed by atoms with E-state index in [2.05, 4.69) is 21.2 Å². The van der Waals surface area contributed by atoms with Crippen LogP contribution >= 0.6 is 27.5 Å². The number of halogens is 2. The predicted molar refractivity (Wildman–Crippen MR) is 160 cm³/mol. The number of nitrogens with one attached hydrogen (secondary N) is 1. The minimum atomic E-state index is -3.86. The number of amides is 2. The van der Waals surface area contributed by atoms with Crippen molar-refractivity contribution >= 4 is 55.1 Å². The Bertz CT molecular complexity index is 1400. The summed E-state index contributed by atoms with van der Waals surface area (Å²) in [6.07, 6.45) is 2.05. The lowest BCUT2D eigenvalue weighted by Gasteiger charge is -2.33. The summed E-state index contributed by atoms with van der Waals surface area (Å²) in [5.41, 5.74) is 2.74. The van der Waals surface area contributed by atoms with Crippen LogP contribution in [0.2, 0.25) is 5.02 Å². The maximum Gasteiger partial charge on any atom is 0.244 e. The summed E-state index contributed by atoms with van der Waals surface area (Å²) in [7, 11) is -3.86. The molecule has 208 valence electrons. The molecular weight excluding hydrogens is 602 g/mol. The lowest BCUT2D eigenvalue weighted by atomic mass is 10.0. The Balaban J connectivity index is 2.05. The summed E-state index contributed by atoms with van der Waals surface area (Å²) in [4.78, 5) is 29.0. The number of sulfonamides is 1. The van der Waals surface area contributed by atoms with Gasteiger partial charge in [0.2, 0.25) is 21.8 Å². The number of carbonyl (C=O) groups is 2. The van der Waals surface area contributed by atoms with Crippen molar-refractivity contribution in [2.75, 3.05) is 23.7 Å². The van der Waals surface area contributed by atoms with Crippen LogP contribution in [0.25, 0.3) is 0 Å². The monoisotopic (exact) mass is 633 g/mol. The molecule has 0 radical (unpaired) electrons. The van der Waals surface area contributed by atoms with Crippen molar-refractivity contribution < 1.29 is 18.0 Å². The predicted octanol–water partition coefficient (Wildman–Crippen LogP) is 5.34. The average molecular weight is 635 g/mol. The molecule has 0 saturated carbocycles. The van der Waals surface area contributed by atoms with Crippen molar-refractivity contribution in [1.29, 1.82) is 0 Å². The van der Waals surface area contributed by atoms with Gasteiger partial charge in [-0.1, -0.05) is 83.0 Å². The lowest BCUT2D eigenvalue weighted by Crippen LogP contribution is -2.53. The Morgan fingerprint density at radius 2 is 1.69 bits per heavy atom. The Kier molecular flexibility index (Phi) is 11.0. The SMILES string of the molecule is CCCNC(=O)[C@@H](Cc1ccccc1)N(Cc1cccc(Br)c1)C(=O)CN(c1ccc(C)c(Cl)c1)S(C)(=O)=O. The molecule has 2 amide bonds. The third-order valence-corrected chi connectivity index (χ3v) is 8.23. The molecule has 0 aliphatic carbocycles. The van der Waals surface area contributed by atoms with Crippen LogP contribution in [-0.4, -0.2) is 50.5 Å². The van der Waals surface area contributed by atoms with Crippen LogP contribution in [0.5, 0.6) is 0 Å². The smallest absolute Gasteiger partial charge is 0.244 e. The average Bonchev–Trinajstić information content (AvgIpc) is 2.89. The third-order valence-electron chi connectivity index (χ3n) is 6.18. The fraction of sp³-hybridized carbons (Fsp3) is 0.310. The number of anilines is 1. The molecule has 0 bridgehead atoms. The molecule has 39 heavy (non-hydrogen) atoms. The van der Waals surface area contributed by atoms with Gasteiger partial charge in [0.1, 0.15) is 12.6 Å². The van der Waals surface area contributed by atoms with Crippen molar-refractivity contribution in [3.8, 4) is 0 Å². The van der Waals surface area contributed by atoms with Gasteiger partial charge in [-0.3, -0.25) is 13.9 Å². The first-order chi connectivity index (χ1) is 18.5. The van der Waals surface area contributed by atoms with Crippen molar-refractivity contribution in [2.24, 2.45) is 0 Å². The maximum absolute atomic E-state index is 14.0. The standard InChI is InChI=1S/C29H33BrClN3O4S/c1-4-15-32-29(36)27(17-22-9-6-5-7-10-22)33(19-23-11-8-12-24(30)16-23)28(35)20-34(39(3,37)38)25-14-13-21(2)26(31)18-25/h5-14,16,18,27H,4,15,17,19-20H2,1-3H3,(H,32,36)/t27-/m1/s1. The van der Waals surface area contributed by atoms with E-state index in [1.807, 2.05) is 68.4 Å². The van der Waals surface area contributed by atoms with Gasteiger partial charge in [-0.15, -0.1) is 0 Å². The van der Waals surface area contributed by atoms with Crippen LogP contribution in [0.3, 0.4) is 0 Å². The molecule has 0 fully saturated rings. The van der Waals surface area contributed by atoms with Crippen molar-refractivity contribution in [2.45, 2.75) is 39.3 Å². The maximum atomic E-state index is 14.0. The van der Waals surface area contributed by atoms with E-state index in [0.29, 0.717) is 11.6 Å². The van der Waals surface area contributed by atoms with Gasteiger partial charge in [0.05, 0.1) is 11.9 Å². The lowest BCUT2D eigenvalue weighted by molar-refractivity contribution is -0.140. The number of rotatable bonds is 12. The second-order valence-electron chi connectivity index (χ2n) is 9.35. The normalized spacial score (nSPS) is 12.0. The van der Waals surface area contributed by atoms with Crippen LogP contribution in [0.15, 0.2) is 77.3 Å². The summed E-state index contributed by atoms with van der Waals surface area (Å²) in [6, 6.07) is 20.9. The van der Waals surface area contributed by atoms with Crippen LogP contribution in [0.1, 0.15) is 30.0 Å². The van der Waals surface area contributed by atoms with Gasteiger partial charge in [0.25, 0.3) is 0 Å². The highest BCUT2D eigenvalue weighted by atomic mass is 79.9. The zero-order valence-electron chi connectivity index (χ0n) is 22.2. The number of benzene rings is 3. The van der Waals surface area contributed by atoms with Gasteiger partial charge in [-0.25, -0.2) is 8.42 Å². The summed E-state index contributed by atoms with van der Waals surface area (Å²) < 4.78 is 27.6. The van der Waals surface area contributed by atoms with E-state index < -0.39 is 28.5 Å². The molecule has 0 aromatic heterocycles. The summed E-state index contributed by atoms with van der Waals surface area (Å²) >= 11 is 9.76. The molecule has 0 unspecified atom stereocenters. The molecule has 3 aromatic carbocycles. The second-order valence-corrected chi connectivity index (χ2v) is 12.6. The molecule has 3 rings (SSSR count). The molecule has 0 aliphatic rings. The first-order valence-corrected chi connectivity index (χ1v) is 15.6. The fourth-order valence-electron chi connectivity index (χ4n) is 4.10. The number of hydrogen-bond donors (Lipinski definition) is 1. The fourth-order valence-corrected chi connectivity index (χ4v) is 5.57. The van der Waals surface area contributed by atoms with E-state index in [1.54, 1.807) is 12.1 Å². The molecule has 7 nitrogen and oxygen atoms in total. The van der Waals surface area contributed by atoms with Gasteiger partial charge in [-0.2, -0.15) is 0 Å². The number of carbonyl (C=O) groups excluding carboxylic acids is 2. The highest BCUT2D eigenvalue weighted by Gasteiger charge is 2.33. The van der Waals surface area contributed by atoms with Gasteiger partial charge >= 0.3 is 0 Å².